The molecule has 3 N–H and O–H groups in total. The van der Waals surface area contributed by atoms with Gasteiger partial charge in [0.15, 0.2) is 0 Å². The van der Waals surface area contributed by atoms with Crippen LogP contribution in [0.15, 0.2) is 18.2 Å². The number of aryl methyl sites for hydroxylation is 1. The summed E-state index contributed by atoms with van der Waals surface area (Å²) < 4.78 is 24.3. The van der Waals surface area contributed by atoms with Crippen LogP contribution in [0.3, 0.4) is 0 Å². The molecule has 0 unspecified atom stereocenters. The molecule has 1 amide bonds. The summed E-state index contributed by atoms with van der Waals surface area (Å²) in [4.78, 5) is 14.2. The molecule has 0 aromatic heterocycles. The Hall–Kier alpha value is -1.64. The lowest BCUT2D eigenvalue weighted by atomic mass is 10.1. The lowest BCUT2D eigenvalue weighted by molar-refractivity contribution is 0.0697. The van der Waals surface area contributed by atoms with Crippen molar-refractivity contribution in [3.8, 4) is 0 Å². The first-order chi connectivity index (χ1) is 9.82. The quantitative estimate of drug-likeness (QED) is 0.605. The summed E-state index contributed by atoms with van der Waals surface area (Å²) in [6.45, 7) is 3.34. The highest BCUT2D eigenvalue weighted by atomic mass is 32.2. The standard InChI is InChI=1S/C13H20N4O3S/c1-10-9-11(15-14)3-4-12(10)13(18)16-5-7-17(8-6-16)21(2,19)20/h3-4,9,15H,5-8,14H2,1-2H3. The van der Waals surface area contributed by atoms with Crippen LogP contribution in [0.2, 0.25) is 0 Å². The van der Waals surface area contributed by atoms with E-state index in [9.17, 15) is 13.2 Å². The second kappa shape index (κ2) is 6.00. The zero-order valence-electron chi connectivity index (χ0n) is 12.2. The number of carbonyl (C=O) groups excluding carboxylic acids is 1. The fourth-order valence-corrected chi connectivity index (χ4v) is 3.21. The maximum atomic E-state index is 12.5. The normalized spacial score (nSPS) is 16.8. The van der Waals surface area contributed by atoms with Crippen molar-refractivity contribution < 1.29 is 13.2 Å². The molecule has 2 rings (SSSR count). The number of rotatable bonds is 3. The monoisotopic (exact) mass is 312 g/mol. The molecule has 116 valence electrons. The largest absolute Gasteiger partial charge is 0.336 e. The summed E-state index contributed by atoms with van der Waals surface area (Å²) in [7, 11) is -3.18. The second-order valence-electron chi connectivity index (χ2n) is 5.13. The topological polar surface area (TPSA) is 95.7 Å². The Morgan fingerprint density at radius 1 is 1.24 bits per heavy atom. The number of carbonyl (C=O) groups is 1. The van der Waals surface area contributed by atoms with Gasteiger partial charge >= 0.3 is 0 Å². The first-order valence-electron chi connectivity index (χ1n) is 6.64. The third-order valence-corrected chi connectivity index (χ3v) is 4.92. The van der Waals surface area contributed by atoms with Crippen LogP contribution in [0.4, 0.5) is 5.69 Å². The van der Waals surface area contributed by atoms with Gasteiger partial charge in [0, 0.05) is 37.4 Å². The molecule has 8 heteroatoms. The molecule has 0 radical (unpaired) electrons. The Balaban J connectivity index is 2.09. The predicted molar refractivity (Wildman–Crippen MR) is 81.3 cm³/mol. The van der Waals surface area contributed by atoms with E-state index in [0.717, 1.165) is 11.3 Å². The number of nitrogens with zero attached hydrogens (tertiary/aromatic N) is 2. The third kappa shape index (κ3) is 3.52. The Morgan fingerprint density at radius 2 is 1.86 bits per heavy atom. The summed E-state index contributed by atoms with van der Waals surface area (Å²) in [6.07, 6.45) is 1.19. The van der Waals surface area contributed by atoms with Crippen molar-refractivity contribution in [3.63, 3.8) is 0 Å². The molecule has 0 atom stereocenters. The van der Waals surface area contributed by atoms with Crippen molar-refractivity contribution in [2.45, 2.75) is 6.92 Å². The zero-order valence-corrected chi connectivity index (χ0v) is 13.0. The fourth-order valence-electron chi connectivity index (χ4n) is 2.39. The molecule has 1 heterocycles. The number of nitrogens with one attached hydrogen (secondary N) is 1. The maximum absolute atomic E-state index is 12.5. The molecule has 0 aliphatic carbocycles. The van der Waals surface area contributed by atoms with Gasteiger partial charge in [-0.25, -0.2) is 8.42 Å². The van der Waals surface area contributed by atoms with E-state index in [1.54, 1.807) is 23.1 Å². The van der Waals surface area contributed by atoms with E-state index in [0.29, 0.717) is 31.7 Å². The first kappa shape index (κ1) is 15.7. The van der Waals surface area contributed by atoms with E-state index >= 15 is 0 Å². The lowest BCUT2D eigenvalue weighted by Gasteiger charge is -2.33. The summed E-state index contributed by atoms with van der Waals surface area (Å²) in [5.41, 5.74) is 4.73. The molecular formula is C13H20N4O3S. The molecule has 1 fully saturated rings. The Morgan fingerprint density at radius 3 is 2.33 bits per heavy atom. The lowest BCUT2D eigenvalue weighted by Crippen LogP contribution is -2.50. The number of anilines is 1. The van der Waals surface area contributed by atoms with Gasteiger partial charge in [-0.05, 0) is 30.7 Å². The van der Waals surface area contributed by atoms with Crippen LogP contribution < -0.4 is 11.3 Å². The molecule has 0 saturated carbocycles. The van der Waals surface area contributed by atoms with E-state index in [2.05, 4.69) is 5.43 Å². The summed E-state index contributed by atoms with van der Waals surface area (Å²) in [5, 5.41) is 0. The maximum Gasteiger partial charge on any atom is 0.254 e. The van der Waals surface area contributed by atoms with Gasteiger partial charge in [-0.1, -0.05) is 0 Å². The highest BCUT2D eigenvalue weighted by Gasteiger charge is 2.27. The van der Waals surface area contributed by atoms with E-state index in [-0.39, 0.29) is 5.91 Å². The number of piperazine rings is 1. The van der Waals surface area contributed by atoms with Crippen molar-refractivity contribution in [2.24, 2.45) is 5.84 Å². The summed E-state index contributed by atoms with van der Waals surface area (Å²) in [5.74, 6) is 5.26. The second-order valence-corrected chi connectivity index (χ2v) is 7.11. The van der Waals surface area contributed by atoms with Crippen molar-refractivity contribution in [3.05, 3.63) is 29.3 Å². The molecule has 1 aromatic carbocycles. The number of nitrogens with two attached hydrogens (primary N) is 1. The van der Waals surface area contributed by atoms with Crippen molar-refractivity contribution in [1.29, 1.82) is 0 Å². The number of hydrogen-bond acceptors (Lipinski definition) is 5. The van der Waals surface area contributed by atoms with Crippen LogP contribution >= 0.6 is 0 Å². The molecule has 1 aliphatic rings. The fraction of sp³-hybridized carbons (Fsp3) is 0.462. The van der Waals surface area contributed by atoms with Gasteiger partial charge in [0.25, 0.3) is 5.91 Å². The smallest absolute Gasteiger partial charge is 0.254 e. The number of sulfonamides is 1. The molecular weight excluding hydrogens is 292 g/mol. The molecule has 0 spiro atoms. The highest BCUT2D eigenvalue weighted by molar-refractivity contribution is 7.88. The van der Waals surface area contributed by atoms with Crippen molar-refractivity contribution >= 4 is 21.6 Å². The van der Waals surface area contributed by atoms with Crippen molar-refractivity contribution in [1.82, 2.24) is 9.21 Å². The van der Waals surface area contributed by atoms with Crippen LogP contribution in [-0.4, -0.2) is 56.0 Å². The van der Waals surface area contributed by atoms with Crippen LogP contribution in [-0.2, 0) is 10.0 Å². The van der Waals surface area contributed by atoms with Gasteiger partial charge in [0.05, 0.1) is 6.26 Å². The summed E-state index contributed by atoms with van der Waals surface area (Å²) >= 11 is 0. The Bertz CT molecular complexity index is 637. The molecule has 7 nitrogen and oxygen atoms in total. The molecule has 1 saturated heterocycles. The van der Waals surface area contributed by atoms with Gasteiger partial charge in [0.1, 0.15) is 0 Å². The minimum Gasteiger partial charge on any atom is -0.336 e. The number of benzene rings is 1. The van der Waals surface area contributed by atoms with E-state index in [1.807, 2.05) is 6.92 Å². The SMILES string of the molecule is Cc1cc(NN)ccc1C(=O)N1CCN(S(C)(=O)=O)CC1. The zero-order chi connectivity index (χ0) is 15.6. The highest BCUT2D eigenvalue weighted by Crippen LogP contribution is 2.17. The molecule has 1 aliphatic heterocycles. The van der Waals surface area contributed by atoms with Crippen molar-refractivity contribution in [2.75, 3.05) is 37.9 Å². The van der Waals surface area contributed by atoms with Crippen LogP contribution in [0.25, 0.3) is 0 Å². The average molecular weight is 312 g/mol. The number of hydrogen-bond donors (Lipinski definition) is 2. The van der Waals surface area contributed by atoms with Gasteiger partial charge in [-0.15, -0.1) is 0 Å². The molecule has 0 bridgehead atoms. The van der Waals surface area contributed by atoms with Crippen LogP contribution in [0.5, 0.6) is 0 Å². The van der Waals surface area contributed by atoms with E-state index < -0.39 is 10.0 Å². The molecule has 1 aromatic rings. The minimum atomic E-state index is -3.18. The average Bonchev–Trinajstić information content (AvgIpc) is 2.45. The van der Waals surface area contributed by atoms with Crippen LogP contribution in [0, 0.1) is 6.92 Å². The first-order valence-corrected chi connectivity index (χ1v) is 8.49. The number of hydrazine groups is 1. The third-order valence-electron chi connectivity index (χ3n) is 3.62. The number of nitrogen functional groups attached to an aromatic ring is 1. The summed E-state index contributed by atoms with van der Waals surface area (Å²) in [6, 6.07) is 5.28. The Labute approximate surface area is 124 Å². The van der Waals surface area contributed by atoms with Gasteiger partial charge in [-0.3, -0.25) is 10.6 Å². The van der Waals surface area contributed by atoms with Gasteiger partial charge in [-0.2, -0.15) is 4.31 Å². The van der Waals surface area contributed by atoms with E-state index in [4.69, 9.17) is 5.84 Å². The molecule has 21 heavy (non-hydrogen) atoms. The van der Waals surface area contributed by atoms with Crippen LogP contribution in [0.1, 0.15) is 15.9 Å². The minimum absolute atomic E-state index is 0.0794. The van der Waals surface area contributed by atoms with E-state index in [1.165, 1.54) is 10.6 Å². The van der Waals surface area contributed by atoms with Gasteiger partial charge in [0.2, 0.25) is 10.0 Å². The Kier molecular flexibility index (Phi) is 4.50. The predicted octanol–water partition coefficient (Wildman–Crippen LogP) is -0.00198. The van der Waals surface area contributed by atoms with Gasteiger partial charge < -0.3 is 10.3 Å². The number of amides is 1.